The Balaban J connectivity index is 1.49. The van der Waals surface area contributed by atoms with E-state index in [2.05, 4.69) is 29.3 Å². The van der Waals surface area contributed by atoms with E-state index in [1.165, 1.54) is 23.0 Å². The Labute approximate surface area is 172 Å². The lowest BCUT2D eigenvalue weighted by molar-refractivity contribution is 0.288. The normalized spacial score (nSPS) is 14.4. The molecular formula is C24H19FN2OS. The van der Waals surface area contributed by atoms with Crippen LogP contribution in [0.1, 0.15) is 23.2 Å². The summed E-state index contributed by atoms with van der Waals surface area (Å²) in [6.07, 6.45) is 5.60. The van der Waals surface area contributed by atoms with Crippen LogP contribution in [-0.2, 0) is 11.8 Å². The lowest BCUT2D eigenvalue weighted by Crippen LogP contribution is -2.12. The number of benzene rings is 2. The van der Waals surface area contributed by atoms with E-state index in [0.29, 0.717) is 23.4 Å². The third kappa shape index (κ3) is 3.26. The first-order chi connectivity index (χ1) is 14.2. The van der Waals surface area contributed by atoms with Gasteiger partial charge in [0.1, 0.15) is 21.2 Å². The van der Waals surface area contributed by atoms with Crippen molar-refractivity contribution in [2.75, 3.05) is 6.61 Å². The van der Waals surface area contributed by atoms with Crippen molar-refractivity contribution < 1.29 is 9.50 Å². The maximum absolute atomic E-state index is 14.7. The summed E-state index contributed by atoms with van der Waals surface area (Å²) in [7, 11) is 0. The number of aryl methyl sites for hydroxylation is 1. The molecule has 1 aliphatic rings. The number of hydrogen-bond donors (Lipinski definition) is 1. The highest BCUT2D eigenvalue weighted by Gasteiger charge is 2.39. The quantitative estimate of drug-likeness (QED) is 0.447. The number of allylic oxidation sites excluding steroid dienone is 2. The molecule has 1 aliphatic carbocycles. The SMILES string of the molecule is OCCCc1ccc(-c2nc3ccc(C4(c5ccccc5)C=C4)nc3s2)c(F)c1. The van der Waals surface area contributed by atoms with Crippen molar-refractivity contribution in [2.24, 2.45) is 0 Å². The van der Waals surface area contributed by atoms with Crippen LogP contribution in [0.15, 0.2) is 72.8 Å². The number of halogens is 1. The van der Waals surface area contributed by atoms with E-state index in [-0.39, 0.29) is 17.8 Å². The summed E-state index contributed by atoms with van der Waals surface area (Å²) < 4.78 is 14.7. The van der Waals surface area contributed by atoms with Gasteiger partial charge < -0.3 is 5.11 Å². The molecule has 0 atom stereocenters. The van der Waals surface area contributed by atoms with Gasteiger partial charge >= 0.3 is 0 Å². The monoisotopic (exact) mass is 402 g/mol. The summed E-state index contributed by atoms with van der Waals surface area (Å²) in [6, 6.07) is 19.5. The van der Waals surface area contributed by atoms with Crippen molar-refractivity contribution >= 4 is 21.7 Å². The Hall–Kier alpha value is -2.89. The average Bonchev–Trinajstić information content (AvgIpc) is 3.46. The number of hydrogen-bond acceptors (Lipinski definition) is 4. The van der Waals surface area contributed by atoms with Crippen LogP contribution in [0.4, 0.5) is 4.39 Å². The predicted molar refractivity (Wildman–Crippen MR) is 115 cm³/mol. The zero-order valence-electron chi connectivity index (χ0n) is 15.7. The van der Waals surface area contributed by atoms with Crippen molar-refractivity contribution in [2.45, 2.75) is 18.3 Å². The number of aliphatic hydroxyl groups excluding tert-OH is 1. The highest BCUT2D eigenvalue weighted by molar-refractivity contribution is 7.21. The van der Waals surface area contributed by atoms with E-state index >= 15 is 0 Å². The van der Waals surface area contributed by atoms with Crippen molar-refractivity contribution in [3.8, 4) is 10.6 Å². The molecule has 0 unspecified atom stereocenters. The van der Waals surface area contributed by atoms with Gasteiger partial charge in [0.2, 0.25) is 0 Å². The number of thiazole rings is 1. The molecule has 29 heavy (non-hydrogen) atoms. The van der Waals surface area contributed by atoms with E-state index in [9.17, 15) is 4.39 Å². The molecule has 0 amide bonds. The minimum absolute atomic E-state index is 0.106. The summed E-state index contributed by atoms with van der Waals surface area (Å²) in [6.45, 7) is 0.106. The molecule has 5 rings (SSSR count). The first kappa shape index (κ1) is 18.2. The molecule has 0 saturated carbocycles. The van der Waals surface area contributed by atoms with Gasteiger partial charge in [0.25, 0.3) is 0 Å². The smallest absolute Gasteiger partial charge is 0.144 e. The van der Waals surface area contributed by atoms with Crippen LogP contribution in [0.5, 0.6) is 0 Å². The fraction of sp³-hybridized carbons (Fsp3) is 0.167. The maximum atomic E-state index is 14.7. The van der Waals surface area contributed by atoms with E-state index in [1.807, 2.05) is 36.4 Å². The molecule has 0 aliphatic heterocycles. The van der Waals surface area contributed by atoms with Crippen LogP contribution in [0, 0.1) is 5.82 Å². The Morgan fingerprint density at radius 2 is 1.79 bits per heavy atom. The molecule has 2 aromatic carbocycles. The Bertz CT molecular complexity index is 1210. The largest absolute Gasteiger partial charge is 0.396 e. The van der Waals surface area contributed by atoms with Crippen molar-refractivity contribution in [1.82, 2.24) is 9.97 Å². The third-order valence-corrected chi connectivity index (χ3v) is 6.32. The molecule has 4 aromatic rings. The first-order valence-electron chi connectivity index (χ1n) is 9.63. The molecule has 0 bridgehead atoms. The van der Waals surface area contributed by atoms with Crippen LogP contribution in [-0.4, -0.2) is 21.7 Å². The second kappa shape index (κ2) is 7.17. The summed E-state index contributed by atoms with van der Waals surface area (Å²) in [5.41, 5.74) is 4.07. The second-order valence-electron chi connectivity index (χ2n) is 7.25. The molecule has 5 heteroatoms. The van der Waals surface area contributed by atoms with Gasteiger partial charge in [0, 0.05) is 12.2 Å². The molecule has 0 saturated heterocycles. The number of rotatable bonds is 6. The summed E-state index contributed by atoms with van der Waals surface area (Å²) in [4.78, 5) is 10.3. The highest BCUT2D eigenvalue weighted by atomic mass is 32.1. The highest BCUT2D eigenvalue weighted by Crippen LogP contribution is 2.45. The zero-order valence-corrected chi connectivity index (χ0v) is 16.5. The van der Waals surface area contributed by atoms with E-state index in [1.54, 1.807) is 6.07 Å². The molecule has 2 aromatic heterocycles. The molecular weight excluding hydrogens is 383 g/mol. The minimum Gasteiger partial charge on any atom is -0.396 e. The first-order valence-corrected chi connectivity index (χ1v) is 10.4. The van der Waals surface area contributed by atoms with Gasteiger partial charge in [0.15, 0.2) is 0 Å². The molecule has 144 valence electrons. The zero-order chi connectivity index (χ0) is 19.8. The van der Waals surface area contributed by atoms with Gasteiger partial charge in [-0.25, -0.2) is 14.4 Å². The van der Waals surface area contributed by atoms with Crippen molar-refractivity contribution in [3.63, 3.8) is 0 Å². The Kier molecular flexibility index (Phi) is 4.49. The van der Waals surface area contributed by atoms with Crippen LogP contribution in [0.3, 0.4) is 0 Å². The summed E-state index contributed by atoms with van der Waals surface area (Å²) >= 11 is 1.41. The van der Waals surface area contributed by atoms with Gasteiger partial charge in [-0.05, 0) is 48.2 Å². The van der Waals surface area contributed by atoms with Gasteiger partial charge in [-0.3, -0.25) is 0 Å². The average molecular weight is 402 g/mol. The predicted octanol–water partition coefficient (Wildman–Crippen LogP) is 5.28. The Morgan fingerprint density at radius 1 is 0.966 bits per heavy atom. The van der Waals surface area contributed by atoms with E-state index in [4.69, 9.17) is 10.1 Å². The van der Waals surface area contributed by atoms with Gasteiger partial charge in [-0.1, -0.05) is 59.9 Å². The lowest BCUT2D eigenvalue weighted by Gasteiger charge is -2.15. The number of pyridine rings is 1. The molecule has 0 radical (unpaired) electrons. The number of fused-ring (bicyclic) bond motifs is 1. The molecule has 0 spiro atoms. The maximum Gasteiger partial charge on any atom is 0.144 e. The molecule has 2 heterocycles. The van der Waals surface area contributed by atoms with Gasteiger partial charge in [0.05, 0.1) is 11.1 Å². The van der Waals surface area contributed by atoms with Crippen LogP contribution in [0.2, 0.25) is 0 Å². The van der Waals surface area contributed by atoms with Crippen LogP contribution in [0.25, 0.3) is 20.9 Å². The minimum atomic E-state index is -0.288. The summed E-state index contributed by atoms with van der Waals surface area (Å²) in [5, 5.41) is 9.59. The van der Waals surface area contributed by atoms with Crippen molar-refractivity contribution in [3.05, 3.63) is 95.5 Å². The molecule has 3 nitrogen and oxygen atoms in total. The standard InChI is InChI=1S/C24H19FN2OS/c25-19-15-16(5-4-14-28)8-9-18(19)22-26-20-10-11-21(27-23(20)29-22)24(12-13-24)17-6-2-1-3-7-17/h1-3,6-13,15,28H,4-5,14H2. The number of aliphatic hydroxyl groups is 1. The van der Waals surface area contributed by atoms with Crippen LogP contribution >= 0.6 is 11.3 Å². The topological polar surface area (TPSA) is 46.0 Å². The lowest BCUT2D eigenvalue weighted by atomic mass is 9.89. The molecule has 1 N–H and O–H groups in total. The second-order valence-corrected chi connectivity index (χ2v) is 8.23. The van der Waals surface area contributed by atoms with E-state index in [0.717, 1.165) is 21.6 Å². The van der Waals surface area contributed by atoms with Gasteiger partial charge in [-0.2, -0.15) is 0 Å². The van der Waals surface area contributed by atoms with Gasteiger partial charge in [-0.15, -0.1) is 0 Å². The fourth-order valence-corrected chi connectivity index (χ4v) is 4.61. The summed E-state index contributed by atoms with van der Waals surface area (Å²) in [5.74, 6) is -0.288. The number of aromatic nitrogens is 2. The van der Waals surface area contributed by atoms with E-state index < -0.39 is 0 Å². The molecule has 0 fully saturated rings. The Morgan fingerprint density at radius 3 is 2.52 bits per heavy atom. The third-order valence-electron chi connectivity index (χ3n) is 5.32. The fourth-order valence-electron chi connectivity index (χ4n) is 3.64. The van der Waals surface area contributed by atoms with Crippen molar-refractivity contribution in [1.29, 1.82) is 0 Å². The number of nitrogens with zero attached hydrogens (tertiary/aromatic N) is 2. The van der Waals surface area contributed by atoms with Crippen LogP contribution < -0.4 is 0 Å².